The van der Waals surface area contributed by atoms with Gasteiger partial charge in [-0.1, -0.05) is 75.8 Å². The summed E-state index contributed by atoms with van der Waals surface area (Å²) < 4.78 is 88.8. The van der Waals surface area contributed by atoms with Crippen molar-refractivity contribution in [3.05, 3.63) is 137 Å². The van der Waals surface area contributed by atoms with E-state index < -0.39 is 20.0 Å². The fourth-order valence-corrected chi connectivity index (χ4v) is 11.3. The third-order valence-corrected chi connectivity index (χ3v) is 15.4. The maximum absolute atomic E-state index is 12.9. The standard InChI is InChI=1S/C24H31Cl2N5O5S.C24H33Cl2N3O5S/c1-31-16-22(21-14-19(25)15-24(26)23(21)17-31)18-3-2-4-20(13-18)37(32,33)29-6-8-35-10-12-36-11-9-34-7-5-28-30-27;1-29-16-22(21-14-19(25)15-24(26)23(21)17-29)18-3-2-4-20(13-18)35(30,31)28-6-8-33-10-12-34-11-9-32-7-5-27/h2-4,13-15,22,29H,5-12,16-17H2,1H3;2-4,13-15,22,28H,5-12,16-17,27H2,1H3/t2*22-/m00/s1. The van der Waals surface area contributed by atoms with E-state index in [2.05, 4.69) is 29.3 Å². The first-order chi connectivity index (χ1) is 34.6. The van der Waals surface area contributed by atoms with Crippen molar-refractivity contribution in [2.45, 2.75) is 34.7 Å². The van der Waals surface area contributed by atoms with Crippen molar-refractivity contribution in [1.29, 1.82) is 0 Å². The Balaban J connectivity index is 0.000000268. The first kappa shape index (κ1) is 59.7. The summed E-state index contributed by atoms with van der Waals surface area (Å²) in [5, 5.41) is 5.73. The molecule has 0 bridgehead atoms. The van der Waals surface area contributed by atoms with Gasteiger partial charge in [0.25, 0.3) is 0 Å². The first-order valence-corrected chi connectivity index (χ1v) is 27.8. The zero-order valence-electron chi connectivity index (χ0n) is 40.4. The van der Waals surface area contributed by atoms with E-state index in [9.17, 15) is 16.8 Å². The van der Waals surface area contributed by atoms with Crippen LogP contribution in [0.2, 0.25) is 20.1 Å². The molecule has 6 rings (SSSR count). The van der Waals surface area contributed by atoms with E-state index in [4.69, 9.17) is 86.1 Å². The van der Waals surface area contributed by atoms with Crippen molar-refractivity contribution >= 4 is 66.5 Å². The van der Waals surface area contributed by atoms with Crippen LogP contribution in [-0.4, -0.2) is 159 Å². The predicted molar refractivity (Wildman–Crippen MR) is 281 cm³/mol. The number of benzene rings is 4. The van der Waals surface area contributed by atoms with Gasteiger partial charge < -0.3 is 44.0 Å². The summed E-state index contributed by atoms with van der Waals surface area (Å²) in [5.41, 5.74) is 19.3. The minimum Gasteiger partial charge on any atom is -0.379 e. The Bertz CT molecular complexity index is 2620. The van der Waals surface area contributed by atoms with Crippen LogP contribution >= 0.6 is 46.4 Å². The second-order valence-corrected chi connectivity index (χ2v) is 22.0. The van der Waals surface area contributed by atoms with E-state index in [-0.39, 0.29) is 54.5 Å². The SMILES string of the molecule is CN1Cc2c(Cl)cc(Cl)cc2[C@H](c2cccc(S(=O)(=O)NCCOCCOCCOCCN)c2)C1.CN1Cc2c(Cl)cc(Cl)cc2[C@H](c2cccc(S(=O)(=O)NCCOCCOCCOCCN=[N+]=[N-])c2)C1. The van der Waals surface area contributed by atoms with Crippen molar-refractivity contribution in [3.8, 4) is 0 Å². The summed E-state index contributed by atoms with van der Waals surface area (Å²) in [6.07, 6.45) is 0. The molecule has 4 aromatic rings. The normalized spacial score (nSPS) is 16.1. The highest BCUT2D eigenvalue weighted by Crippen LogP contribution is 2.40. The lowest BCUT2D eigenvalue weighted by Gasteiger charge is -2.33. The maximum atomic E-state index is 12.9. The maximum Gasteiger partial charge on any atom is 0.240 e. The van der Waals surface area contributed by atoms with Crippen molar-refractivity contribution in [2.24, 2.45) is 10.8 Å². The van der Waals surface area contributed by atoms with Crippen LogP contribution in [0.5, 0.6) is 0 Å². The van der Waals surface area contributed by atoms with Gasteiger partial charge in [0.2, 0.25) is 20.0 Å². The highest BCUT2D eigenvalue weighted by Gasteiger charge is 2.30. The Labute approximate surface area is 443 Å². The molecule has 24 heteroatoms. The predicted octanol–water partition coefficient (Wildman–Crippen LogP) is 7.07. The minimum atomic E-state index is -3.72. The lowest BCUT2D eigenvalue weighted by Crippen LogP contribution is -2.31. The summed E-state index contributed by atoms with van der Waals surface area (Å²) in [7, 11) is -3.38. The number of hydrogen-bond acceptors (Lipinski definition) is 14. The molecular formula is C48H64Cl4N8O10S2. The fraction of sp³-hybridized carbons (Fsp3) is 0.500. The van der Waals surface area contributed by atoms with E-state index in [1.807, 2.05) is 38.4 Å². The molecule has 4 aromatic carbocycles. The van der Waals surface area contributed by atoms with Gasteiger partial charge in [0.15, 0.2) is 0 Å². The third-order valence-electron chi connectivity index (χ3n) is 11.4. The minimum absolute atomic E-state index is 0.0425. The van der Waals surface area contributed by atoms with E-state index >= 15 is 0 Å². The Hall–Kier alpha value is -3.19. The van der Waals surface area contributed by atoms with Gasteiger partial charge in [-0.15, -0.1) is 0 Å². The number of hydrogen-bond donors (Lipinski definition) is 3. The van der Waals surface area contributed by atoms with E-state index in [0.29, 0.717) is 106 Å². The number of azide groups is 1. The largest absolute Gasteiger partial charge is 0.379 e. The second-order valence-electron chi connectivity index (χ2n) is 16.8. The van der Waals surface area contributed by atoms with Gasteiger partial charge in [0.1, 0.15) is 0 Å². The molecule has 2 aliphatic rings. The fourth-order valence-electron chi connectivity index (χ4n) is 8.04. The number of likely N-dealkylation sites (N-methyl/N-ethyl adjacent to an activating group) is 2. The van der Waals surface area contributed by atoms with E-state index in [1.54, 1.807) is 48.5 Å². The molecule has 0 aliphatic carbocycles. The van der Waals surface area contributed by atoms with Crippen LogP contribution in [0.15, 0.2) is 87.7 Å². The molecular weight excluding hydrogens is 1050 g/mol. The monoisotopic (exact) mass is 1120 g/mol. The molecule has 2 aliphatic heterocycles. The second kappa shape index (κ2) is 31.0. The summed E-state index contributed by atoms with van der Waals surface area (Å²) in [6.45, 7) is 8.45. The molecule has 2 heterocycles. The molecule has 2 atom stereocenters. The molecule has 18 nitrogen and oxygen atoms in total. The van der Waals surface area contributed by atoms with Gasteiger partial charge in [-0.05, 0) is 102 Å². The quantitative estimate of drug-likeness (QED) is 0.0214. The molecule has 4 N–H and O–H groups in total. The highest BCUT2D eigenvalue weighted by molar-refractivity contribution is 7.89. The molecule has 0 fully saturated rings. The van der Waals surface area contributed by atoms with Crippen LogP contribution in [0.3, 0.4) is 0 Å². The summed E-state index contributed by atoms with van der Waals surface area (Å²) in [5.74, 6) is -0.0981. The first-order valence-electron chi connectivity index (χ1n) is 23.3. The number of halogens is 4. The number of nitrogens with one attached hydrogen (secondary N) is 2. The lowest BCUT2D eigenvalue weighted by molar-refractivity contribution is 0.0171. The Kier molecular flexibility index (Phi) is 25.7. The third kappa shape index (κ3) is 19.2. The molecule has 0 amide bonds. The number of rotatable bonds is 29. The van der Waals surface area contributed by atoms with Crippen LogP contribution in [0.4, 0.5) is 0 Å². The zero-order valence-corrected chi connectivity index (χ0v) is 45.1. The summed E-state index contributed by atoms with van der Waals surface area (Å²) in [6, 6.07) is 21.3. The van der Waals surface area contributed by atoms with Crippen LogP contribution in [-0.2, 0) is 61.6 Å². The van der Waals surface area contributed by atoms with Gasteiger partial charge in [0.05, 0.1) is 89.1 Å². The zero-order chi connectivity index (χ0) is 51.9. The molecule has 396 valence electrons. The Morgan fingerprint density at radius 1 is 0.597 bits per heavy atom. The smallest absolute Gasteiger partial charge is 0.240 e. The van der Waals surface area contributed by atoms with Crippen molar-refractivity contribution in [3.63, 3.8) is 0 Å². The molecule has 0 saturated heterocycles. The number of nitrogens with two attached hydrogens (primary N) is 1. The number of nitrogens with zero attached hydrogens (tertiary/aromatic N) is 5. The van der Waals surface area contributed by atoms with E-state index in [0.717, 1.165) is 46.5 Å². The topological polar surface area (TPSA) is 229 Å². The molecule has 0 radical (unpaired) electrons. The number of fused-ring (bicyclic) bond motifs is 2. The number of sulfonamides is 2. The Morgan fingerprint density at radius 3 is 1.39 bits per heavy atom. The van der Waals surface area contributed by atoms with Gasteiger partial charge in [-0.2, -0.15) is 0 Å². The molecule has 0 unspecified atom stereocenters. The molecule has 0 aromatic heterocycles. The van der Waals surface area contributed by atoms with Crippen LogP contribution in [0.1, 0.15) is 45.2 Å². The molecule has 0 spiro atoms. The van der Waals surface area contributed by atoms with Gasteiger partial charge in [-0.3, -0.25) is 0 Å². The van der Waals surface area contributed by atoms with Crippen molar-refractivity contribution < 1.29 is 45.3 Å². The number of ether oxygens (including phenoxy) is 6. The van der Waals surface area contributed by atoms with Crippen molar-refractivity contribution in [2.75, 3.05) is 133 Å². The van der Waals surface area contributed by atoms with Crippen molar-refractivity contribution in [1.82, 2.24) is 19.2 Å². The van der Waals surface area contributed by atoms with Crippen LogP contribution in [0, 0.1) is 0 Å². The van der Waals surface area contributed by atoms with Crippen LogP contribution < -0.4 is 15.2 Å². The highest BCUT2D eigenvalue weighted by atomic mass is 35.5. The Morgan fingerprint density at radius 2 is 0.986 bits per heavy atom. The summed E-state index contributed by atoms with van der Waals surface area (Å²) >= 11 is 25.5. The van der Waals surface area contributed by atoms with E-state index in [1.165, 1.54) is 0 Å². The molecule has 72 heavy (non-hydrogen) atoms. The average molecular weight is 1120 g/mol. The van der Waals surface area contributed by atoms with Gasteiger partial charge >= 0.3 is 0 Å². The lowest BCUT2D eigenvalue weighted by atomic mass is 9.85. The van der Waals surface area contributed by atoms with Gasteiger partial charge in [-0.25, -0.2) is 26.3 Å². The molecule has 0 saturated carbocycles. The average Bonchev–Trinajstić information content (AvgIpc) is 3.35. The van der Waals surface area contributed by atoms with Crippen LogP contribution in [0.25, 0.3) is 10.4 Å². The van der Waals surface area contributed by atoms with Gasteiger partial charge in [0, 0.05) is 89.2 Å². The summed E-state index contributed by atoms with van der Waals surface area (Å²) in [4.78, 5) is 7.36.